The van der Waals surface area contributed by atoms with E-state index in [4.69, 9.17) is 9.47 Å². The molecular formula is C18H21N3O5. The Morgan fingerprint density at radius 2 is 2.23 bits per heavy atom. The summed E-state index contributed by atoms with van der Waals surface area (Å²) in [7, 11) is 2.98. The highest BCUT2D eigenvalue weighted by molar-refractivity contribution is 5.78. The first-order chi connectivity index (χ1) is 12.5. The summed E-state index contributed by atoms with van der Waals surface area (Å²) in [6.07, 6.45) is 2.00. The summed E-state index contributed by atoms with van der Waals surface area (Å²) in [5, 5.41) is 2.83. The van der Waals surface area contributed by atoms with Gasteiger partial charge in [-0.05, 0) is 18.1 Å². The van der Waals surface area contributed by atoms with Gasteiger partial charge in [-0.25, -0.2) is 4.79 Å². The standard InChI is InChI=1S/C18H21N3O5/c1-21-17(23)13(9-20-18(21)24)6-16(22)19-8-11-5-12-3-4-14(25-2)7-15(12)26-10-11/h3-4,7,9,11H,5-6,8,10H2,1-2H3,(H,19,22)(H,20,24). The first-order valence-electron chi connectivity index (χ1n) is 8.32. The number of ether oxygens (including phenoxy) is 2. The van der Waals surface area contributed by atoms with Crippen LogP contribution in [0.5, 0.6) is 11.5 Å². The van der Waals surface area contributed by atoms with Gasteiger partial charge in [0.05, 0.1) is 20.1 Å². The SMILES string of the molecule is COc1ccc2c(c1)OCC(CNC(=O)Cc1c[nH]c(=O)n(C)c1=O)C2. The molecule has 26 heavy (non-hydrogen) atoms. The number of aromatic nitrogens is 2. The number of carbonyl (C=O) groups is 1. The molecule has 2 aromatic rings. The molecule has 1 aliphatic rings. The molecule has 0 radical (unpaired) electrons. The van der Waals surface area contributed by atoms with E-state index in [1.165, 1.54) is 13.2 Å². The van der Waals surface area contributed by atoms with Crippen molar-refractivity contribution in [3.8, 4) is 11.5 Å². The first kappa shape index (κ1) is 17.8. The molecule has 2 N–H and O–H groups in total. The molecule has 0 fully saturated rings. The number of carbonyl (C=O) groups excluding carboxylic acids is 1. The molecule has 1 aromatic carbocycles. The highest BCUT2D eigenvalue weighted by Gasteiger charge is 2.21. The third-order valence-corrected chi connectivity index (χ3v) is 4.45. The number of hydrogen-bond acceptors (Lipinski definition) is 5. The average molecular weight is 359 g/mol. The van der Waals surface area contributed by atoms with Crippen LogP contribution < -0.4 is 26.0 Å². The van der Waals surface area contributed by atoms with Crippen molar-refractivity contribution in [3.63, 3.8) is 0 Å². The van der Waals surface area contributed by atoms with Gasteiger partial charge < -0.3 is 19.8 Å². The van der Waals surface area contributed by atoms with Crippen molar-refractivity contribution in [1.29, 1.82) is 0 Å². The minimum absolute atomic E-state index is 0.0786. The third kappa shape index (κ3) is 3.79. The number of benzene rings is 1. The Bertz CT molecular complexity index is 931. The maximum atomic E-state index is 12.1. The molecule has 8 nitrogen and oxygen atoms in total. The Kier molecular flexibility index (Phi) is 5.11. The summed E-state index contributed by atoms with van der Waals surface area (Å²) in [5.41, 5.74) is 0.356. The van der Waals surface area contributed by atoms with Crippen molar-refractivity contribution in [2.45, 2.75) is 12.8 Å². The second-order valence-electron chi connectivity index (χ2n) is 6.32. The zero-order chi connectivity index (χ0) is 18.7. The van der Waals surface area contributed by atoms with E-state index in [1.807, 2.05) is 18.2 Å². The molecule has 138 valence electrons. The van der Waals surface area contributed by atoms with E-state index in [0.717, 1.165) is 28.1 Å². The molecule has 0 aliphatic carbocycles. The molecule has 1 unspecified atom stereocenters. The van der Waals surface area contributed by atoms with Gasteiger partial charge in [0.1, 0.15) is 11.5 Å². The van der Waals surface area contributed by atoms with Crippen LogP contribution >= 0.6 is 0 Å². The minimum atomic E-state index is -0.506. The second kappa shape index (κ2) is 7.47. The topological polar surface area (TPSA) is 102 Å². The number of aromatic amines is 1. The molecule has 1 amide bonds. The Labute approximate surface area is 149 Å². The zero-order valence-electron chi connectivity index (χ0n) is 14.7. The van der Waals surface area contributed by atoms with Gasteiger partial charge in [-0.15, -0.1) is 0 Å². The lowest BCUT2D eigenvalue weighted by Crippen LogP contribution is -2.38. The number of fused-ring (bicyclic) bond motifs is 1. The maximum Gasteiger partial charge on any atom is 0.328 e. The molecule has 1 atom stereocenters. The average Bonchev–Trinajstić information content (AvgIpc) is 2.66. The number of H-pyrrole nitrogens is 1. The Morgan fingerprint density at radius 3 is 3.00 bits per heavy atom. The molecule has 0 bridgehead atoms. The summed E-state index contributed by atoms with van der Waals surface area (Å²) < 4.78 is 11.9. The Balaban J connectivity index is 1.56. The van der Waals surface area contributed by atoms with Crippen LogP contribution in [0.1, 0.15) is 11.1 Å². The summed E-state index contributed by atoms with van der Waals surface area (Å²) in [6.45, 7) is 0.953. The largest absolute Gasteiger partial charge is 0.497 e. The monoisotopic (exact) mass is 359 g/mol. The van der Waals surface area contributed by atoms with Crippen molar-refractivity contribution >= 4 is 5.91 Å². The summed E-state index contributed by atoms with van der Waals surface area (Å²) >= 11 is 0. The van der Waals surface area contributed by atoms with Gasteiger partial charge in [-0.2, -0.15) is 0 Å². The van der Waals surface area contributed by atoms with Gasteiger partial charge >= 0.3 is 5.69 Å². The Morgan fingerprint density at radius 1 is 1.42 bits per heavy atom. The van der Waals surface area contributed by atoms with E-state index in [0.29, 0.717) is 13.2 Å². The quantitative estimate of drug-likeness (QED) is 0.782. The molecule has 2 heterocycles. The van der Waals surface area contributed by atoms with Crippen LogP contribution in [0.2, 0.25) is 0 Å². The van der Waals surface area contributed by atoms with E-state index in [1.54, 1.807) is 7.11 Å². The van der Waals surface area contributed by atoms with E-state index < -0.39 is 11.2 Å². The lowest BCUT2D eigenvalue weighted by atomic mass is 9.96. The van der Waals surface area contributed by atoms with E-state index >= 15 is 0 Å². The van der Waals surface area contributed by atoms with Crippen molar-refractivity contribution in [2.75, 3.05) is 20.3 Å². The fourth-order valence-electron chi connectivity index (χ4n) is 2.91. The van der Waals surface area contributed by atoms with Gasteiger partial charge in [0.25, 0.3) is 5.56 Å². The number of methoxy groups -OCH3 is 1. The fraction of sp³-hybridized carbons (Fsp3) is 0.389. The van der Waals surface area contributed by atoms with E-state index in [2.05, 4.69) is 10.3 Å². The number of hydrogen-bond donors (Lipinski definition) is 2. The highest BCUT2D eigenvalue weighted by atomic mass is 16.5. The van der Waals surface area contributed by atoms with Crippen LogP contribution in [-0.4, -0.2) is 35.7 Å². The van der Waals surface area contributed by atoms with E-state index in [-0.39, 0.29) is 23.8 Å². The molecule has 0 spiro atoms. The lowest BCUT2D eigenvalue weighted by molar-refractivity contribution is -0.120. The van der Waals surface area contributed by atoms with Gasteiger partial charge in [0.2, 0.25) is 5.91 Å². The van der Waals surface area contributed by atoms with Gasteiger partial charge in [-0.3, -0.25) is 14.2 Å². The van der Waals surface area contributed by atoms with Gasteiger partial charge in [0, 0.05) is 37.3 Å². The predicted molar refractivity (Wildman–Crippen MR) is 94.7 cm³/mol. The number of nitrogens with zero attached hydrogens (tertiary/aromatic N) is 1. The number of nitrogens with one attached hydrogen (secondary N) is 2. The van der Waals surface area contributed by atoms with Crippen molar-refractivity contribution < 1.29 is 14.3 Å². The van der Waals surface area contributed by atoms with Gasteiger partial charge in [-0.1, -0.05) is 6.07 Å². The summed E-state index contributed by atoms with van der Waals surface area (Å²) in [5.74, 6) is 1.44. The molecular weight excluding hydrogens is 338 g/mol. The Hall–Kier alpha value is -3.03. The van der Waals surface area contributed by atoms with Crippen LogP contribution in [0, 0.1) is 5.92 Å². The van der Waals surface area contributed by atoms with Gasteiger partial charge in [0.15, 0.2) is 0 Å². The summed E-state index contributed by atoms with van der Waals surface area (Å²) in [4.78, 5) is 37.9. The van der Waals surface area contributed by atoms with Crippen LogP contribution in [0.15, 0.2) is 34.0 Å². The van der Waals surface area contributed by atoms with Crippen LogP contribution in [0.25, 0.3) is 0 Å². The molecule has 0 saturated heterocycles. The lowest BCUT2D eigenvalue weighted by Gasteiger charge is -2.25. The number of rotatable bonds is 5. The smallest absolute Gasteiger partial charge is 0.328 e. The van der Waals surface area contributed by atoms with Crippen molar-refractivity contribution in [1.82, 2.24) is 14.9 Å². The number of amides is 1. The zero-order valence-corrected chi connectivity index (χ0v) is 14.7. The van der Waals surface area contributed by atoms with Crippen LogP contribution in [0.4, 0.5) is 0 Å². The van der Waals surface area contributed by atoms with E-state index in [9.17, 15) is 14.4 Å². The molecule has 0 saturated carbocycles. The second-order valence-corrected chi connectivity index (χ2v) is 6.32. The highest BCUT2D eigenvalue weighted by Crippen LogP contribution is 2.30. The van der Waals surface area contributed by atoms with Crippen LogP contribution in [0.3, 0.4) is 0 Å². The maximum absolute atomic E-state index is 12.1. The molecule has 8 heteroatoms. The van der Waals surface area contributed by atoms with Crippen molar-refractivity contribution in [2.24, 2.45) is 13.0 Å². The molecule has 3 rings (SSSR count). The first-order valence-corrected chi connectivity index (χ1v) is 8.32. The summed E-state index contributed by atoms with van der Waals surface area (Å²) in [6, 6.07) is 5.71. The van der Waals surface area contributed by atoms with Crippen molar-refractivity contribution in [3.05, 3.63) is 56.4 Å². The normalized spacial score (nSPS) is 15.7. The third-order valence-electron chi connectivity index (χ3n) is 4.45. The molecule has 1 aromatic heterocycles. The fourth-order valence-corrected chi connectivity index (χ4v) is 2.91. The predicted octanol–water partition coefficient (Wildman–Crippen LogP) is -0.00780. The molecule has 1 aliphatic heterocycles. The van der Waals surface area contributed by atoms with Crippen LogP contribution in [-0.2, 0) is 24.7 Å². The minimum Gasteiger partial charge on any atom is -0.497 e.